The number of benzene rings is 2. The Morgan fingerprint density at radius 3 is 2.16 bits per heavy atom. The molecule has 0 aliphatic carbocycles. The topological polar surface area (TPSA) is 47.3 Å². The second kappa shape index (κ2) is 5.22. The number of aryl methyl sites for hydroxylation is 3. The molecule has 100 valence electrons. The minimum Gasteiger partial charge on any atom is -0.496 e. The Kier molecular flexibility index (Phi) is 3.65. The zero-order valence-corrected chi connectivity index (χ0v) is 11.9. The molecule has 3 N–H and O–H groups in total. The van der Waals surface area contributed by atoms with Crippen LogP contribution in [0.1, 0.15) is 16.7 Å². The normalized spacial score (nSPS) is 10.3. The third-order valence-electron chi connectivity index (χ3n) is 3.15. The molecule has 0 radical (unpaired) electrons. The maximum absolute atomic E-state index is 6.01. The van der Waals surface area contributed by atoms with Crippen LogP contribution in [-0.4, -0.2) is 7.11 Å². The van der Waals surface area contributed by atoms with Crippen molar-refractivity contribution < 1.29 is 4.74 Å². The molecule has 0 aliphatic heterocycles. The van der Waals surface area contributed by atoms with Crippen molar-refractivity contribution in [3.05, 3.63) is 47.0 Å². The van der Waals surface area contributed by atoms with Gasteiger partial charge in [-0.25, -0.2) is 0 Å². The van der Waals surface area contributed by atoms with Crippen LogP contribution in [0.25, 0.3) is 0 Å². The number of nitrogens with one attached hydrogen (secondary N) is 1. The van der Waals surface area contributed by atoms with Gasteiger partial charge in [-0.15, -0.1) is 0 Å². The lowest BCUT2D eigenvalue weighted by atomic mass is 10.1. The molecule has 0 bridgehead atoms. The zero-order chi connectivity index (χ0) is 14.0. The molecule has 0 saturated carbocycles. The molecule has 0 unspecified atom stereocenters. The summed E-state index contributed by atoms with van der Waals surface area (Å²) in [4.78, 5) is 0. The van der Waals surface area contributed by atoms with E-state index < -0.39 is 0 Å². The average Bonchev–Trinajstić information content (AvgIpc) is 2.32. The average molecular weight is 256 g/mol. The summed E-state index contributed by atoms with van der Waals surface area (Å²) >= 11 is 0. The Balaban J connectivity index is 2.33. The van der Waals surface area contributed by atoms with E-state index in [1.807, 2.05) is 39.0 Å². The fraction of sp³-hybridized carbons (Fsp3) is 0.250. The van der Waals surface area contributed by atoms with E-state index in [1.54, 1.807) is 7.11 Å². The summed E-state index contributed by atoms with van der Waals surface area (Å²) in [5, 5.41) is 3.35. The first-order valence-corrected chi connectivity index (χ1v) is 6.29. The summed E-state index contributed by atoms with van der Waals surface area (Å²) in [6.07, 6.45) is 0. The minimum absolute atomic E-state index is 0.756. The van der Waals surface area contributed by atoms with Gasteiger partial charge in [0.25, 0.3) is 0 Å². The minimum atomic E-state index is 0.756. The lowest BCUT2D eigenvalue weighted by Crippen LogP contribution is -1.99. The smallest absolute Gasteiger partial charge is 0.124 e. The lowest BCUT2D eigenvalue weighted by Gasteiger charge is -2.14. The van der Waals surface area contributed by atoms with Crippen LogP contribution in [0.15, 0.2) is 30.3 Å². The van der Waals surface area contributed by atoms with Gasteiger partial charge in [0.05, 0.1) is 18.5 Å². The van der Waals surface area contributed by atoms with Crippen LogP contribution >= 0.6 is 0 Å². The van der Waals surface area contributed by atoms with Gasteiger partial charge >= 0.3 is 0 Å². The number of rotatable bonds is 3. The van der Waals surface area contributed by atoms with E-state index in [-0.39, 0.29) is 0 Å². The largest absolute Gasteiger partial charge is 0.496 e. The van der Waals surface area contributed by atoms with Gasteiger partial charge in [0.15, 0.2) is 0 Å². The van der Waals surface area contributed by atoms with Gasteiger partial charge in [-0.3, -0.25) is 0 Å². The molecule has 2 aromatic rings. The summed E-state index contributed by atoms with van der Waals surface area (Å²) < 4.78 is 5.37. The van der Waals surface area contributed by atoms with Crippen molar-refractivity contribution in [3.63, 3.8) is 0 Å². The standard InChI is InChI=1S/C16H20N2O/c1-10-5-6-15(14(17)7-10)18-13-8-11(2)16(19-4)12(3)9-13/h5-9,18H,17H2,1-4H3. The Morgan fingerprint density at radius 1 is 1.00 bits per heavy atom. The number of anilines is 3. The Hall–Kier alpha value is -2.16. The van der Waals surface area contributed by atoms with Crippen LogP contribution in [0.3, 0.4) is 0 Å². The SMILES string of the molecule is COc1c(C)cc(Nc2ccc(C)cc2N)cc1C. The Morgan fingerprint density at radius 2 is 1.63 bits per heavy atom. The lowest BCUT2D eigenvalue weighted by molar-refractivity contribution is 0.408. The van der Waals surface area contributed by atoms with E-state index in [2.05, 4.69) is 17.4 Å². The highest BCUT2D eigenvalue weighted by atomic mass is 16.5. The van der Waals surface area contributed by atoms with E-state index >= 15 is 0 Å². The van der Waals surface area contributed by atoms with Gasteiger partial charge in [-0.1, -0.05) is 6.07 Å². The van der Waals surface area contributed by atoms with Gasteiger partial charge < -0.3 is 15.8 Å². The van der Waals surface area contributed by atoms with E-state index in [9.17, 15) is 0 Å². The van der Waals surface area contributed by atoms with Crippen molar-refractivity contribution in [2.45, 2.75) is 20.8 Å². The summed E-state index contributed by atoms with van der Waals surface area (Å²) in [6.45, 7) is 6.10. The molecule has 2 aromatic carbocycles. The van der Waals surface area contributed by atoms with E-state index in [0.29, 0.717) is 0 Å². The van der Waals surface area contributed by atoms with Crippen LogP contribution in [-0.2, 0) is 0 Å². The van der Waals surface area contributed by atoms with Crippen molar-refractivity contribution in [2.24, 2.45) is 0 Å². The third-order valence-corrected chi connectivity index (χ3v) is 3.15. The highest BCUT2D eigenvalue weighted by Crippen LogP contribution is 2.30. The van der Waals surface area contributed by atoms with Gasteiger partial charge in [0.1, 0.15) is 5.75 Å². The quantitative estimate of drug-likeness (QED) is 0.817. The molecule has 0 amide bonds. The first-order chi connectivity index (χ1) is 9.01. The van der Waals surface area contributed by atoms with E-state index in [0.717, 1.165) is 39.5 Å². The van der Waals surface area contributed by atoms with Gasteiger partial charge in [-0.2, -0.15) is 0 Å². The summed E-state index contributed by atoms with van der Waals surface area (Å²) in [5.41, 5.74) is 12.1. The molecule has 0 heterocycles. The highest BCUT2D eigenvalue weighted by molar-refractivity contribution is 5.74. The zero-order valence-electron chi connectivity index (χ0n) is 11.9. The van der Waals surface area contributed by atoms with Gasteiger partial charge in [0, 0.05) is 5.69 Å². The molecule has 3 heteroatoms. The molecule has 19 heavy (non-hydrogen) atoms. The first kappa shape index (κ1) is 13.3. The second-order valence-corrected chi connectivity index (χ2v) is 4.86. The predicted octanol–water partition coefficient (Wildman–Crippen LogP) is 3.95. The summed E-state index contributed by atoms with van der Waals surface area (Å²) in [6, 6.07) is 10.1. The van der Waals surface area contributed by atoms with E-state index in [1.165, 1.54) is 0 Å². The van der Waals surface area contributed by atoms with Gasteiger partial charge in [0.2, 0.25) is 0 Å². The number of methoxy groups -OCH3 is 1. The Bertz CT molecular complexity index is 583. The van der Waals surface area contributed by atoms with Crippen LogP contribution in [0.2, 0.25) is 0 Å². The van der Waals surface area contributed by atoms with Crippen molar-refractivity contribution in [1.29, 1.82) is 0 Å². The molecular formula is C16H20N2O. The third kappa shape index (κ3) is 2.81. The van der Waals surface area contributed by atoms with E-state index in [4.69, 9.17) is 10.5 Å². The van der Waals surface area contributed by atoms with Crippen molar-refractivity contribution >= 4 is 17.1 Å². The van der Waals surface area contributed by atoms with Crippen LogP contribution < -0.4 is 15.8 Å². The summed E-state index contributed by atoms with van der Waals surface area (Å²) in [5.74, 6) is 0.933. The number of hydrogen-bond donors (Lipinski definition) is 2. The maximum atomic E-state index is 6.01. The number of hydrogen-bond acceptors (Lipinski definition) is 3. The predicted molar refractivity (Wildman–Crippen MR) is 81.3 cm³/mol. The van der Waals surface area contributed by atoms with Crippen molar-refractivity contribution in [2.75, 3.05) is 18.2 Å². The fourth-order valence-electron chi connectivity index (χ4n) is 2.30. The molecule has 0 fully saturated rings. The van der Waals surface area contributed by atoms with Gasteiger partial charge in [-0.05, 0) is 61.7 Å². The number of ether oxygens (including phenoxy) is 1. The molecule has 0 aliphatic rings. The van der Waals surface area contributed by atoms with Crippen molar-refractivity contribution in [1.82, 2.24) is 0 Å². The molecule has 2 rings (SSSR count). The van der Waals surface area contributed by atoms with Crippen molar-refractivity contribution in [3.8, 4) is 5.75 Å². The molecule has 0 aromatic heterocycles. The van der Waals surface area contributed by atoms with Crippen LogP contribution in [0, 0.1) is 20.8 Å². The first-order valence-electron chi connectivity index (χ1n) is 6.29. The molecule has 0 saturated heterocycles. The monoisotopic (exact) mass is 256 g/mol. The molecule has 0 atom stereocenters. The highest BCUT2D eigenvalue weighted by Gasteiger charge is 2.06. The molecular weight excluding hydrogens is 236 g/mol. The molecule has 3 nitrogen and oxygen atoms in total. The molecule has 0 spiro atoms. The fourth-order valence-corrected chi connectivity index (χ4v) is 2.30. The number of nitrogen functional groups attached to an aromatic ring is 1. The number of nitrogens with two attached hydrogens (primary N) is 1. The second-order valence-electron chi connectivity index (χ2n) is 4.86. The summed E-state index contributed by atoms with van der Waals surface area (Å²) in [7, 11) is 1.69. The van der Waals surface area contributed by atoms with Crippen LogP contribution in [0.4, 0.5) is 17.1 Å². The van der Waals surface area contributed by atoms with Crippen LogP contribution in [0.5, 0.6) is 5.75 Å². The maximum Gasteiger partial charge on any atom is 0.124 e. The Labute approximate surface area is 114 Å².